The van der Waals surface area contributed by atoms with Crippen LogP contribution in [0.1, 0.15) is 16.9 Å². The number of carbonyl (C=O) groups is 2. The van der Waals surface area contributed by atoms with E-state index in [0.29, 0.717) is 18.0 Å². The summed E-state index contributed by atoms with van der Waals surface area (Å²) in [7, 11) is -0.763. The van der Waals surface area contributed by atoms with Gasteiger partial charge in [0.05, 0.1) is 6.04 Å². The number of nitrogens with zero attached hydrogens (tertiary/aromatic N) is 2. The molecule has 10 heteroatoms. The zero-order valence-electron chi connectivity index (χ0n) is 18.2. The van der Waals surface area contributed by atoms with Crippen LogP contribution in [0.25, 0.3) is 0 Å². The number of ether oxygens (including phenoxy) is 1. The molecule has 9 nitrogen and oxygen atoms in total. The van der Waals surface area contributed by atoms with Crippen LogP contribution in [0.4, 0.5) is 5.69 Å². The molecule has 0 saturated carbocycles. The highest BCUT2D eigenvalue weighted by Gasteiger charge is 2.32. The van der Waals surface area contributed by atoms with Crippen molar-refractivity contribution in [3.8, 4) is 11.5 Å². The molecule has 1 saturated heterocycles. The highest BCUT2D eigenvalue weighted by Crippen LogP contribution is 2.27. The molecule has 2 amide bonds. The number of nitrogens with one attached hydrogen (secondary N) is 2. The van der Waals surface area contributed by atoms with Gasteiger partial charge in [0, 0.05) is 31.9 Å². The van der Waals surface area contributed by atoms with Gasteiger partial charge in [-0.2, -0.15) is 0 Å². The topological polar surface area (TPSA) is 110 Å². The largest absolute Gasteiger partial charge is 0.457 e. The van der Waals surface area contributed by atoms with Gasteiger partial charge in [-0.15, -0.1) is 0 Å². The molecular formula is C23H24N4O5S. The van der Waals surface area contributed by atoms with E-state index in [1.807, 2.05) is 30.3 Å². The van der Waals surface area contributed by atoms with E-state index in [9.17, 15) is 18.0 Å². The van der Waals surface area contributed by atoms with E-state index in [2.05, 4.69) is 10.0 Å². The maximum absolute atomic E-state index is 12.7. The first kappa shape index (κ1) is 22.6. The Balaban J connectivity index is 1.41. The third-order valence-corrected chi connectivity index (χ3v) is 6.76. The molecule has 0 radical (unpaired) electrons. The molecule has 2 aromatic carbocycles. The van der Waals surface area contributed by atoms with Crippen LogP contribution in [0, 0.1) is 0 Å². The Labute approximate surface area is 192 Å². The lowest BCUT2D eigenvalue weighted by Crippen LogP contribution is -2.37. The highest BCUT2D eigenvalue weighted by molar-refractivity contribution is 7.89. The Morgan fingerprint density at radius 2 is 1.73 bits per heavy atom. The summed E-state index contributed by atoms with van der Waals surface area (Å²) in [6, 6.07) is 17.5. The fourth-order valence-corrected chi connectivity index (χ4v) is 4.46. The molecule has 0 spiro atoms. The Bertz CT molecular complexity index is 1270. The fraction of sp³-hybridized carbons (Fsp3) is 0.217. The Morgan fingerprint density at radius 1 is 1.06 bits per heavy atom. The molecule has 4 rings (SSSR count). The lowest BCUT2D eigenvalue weighted by molar-refractivity contribution is -0.117. The smallest absolute Gasteiger partial charge is 0.268 e. The number of amides is 2. The van der Waals surface area contributed by atoms with Crippen molar-refractivity contribution < 1.29 is 22.7 Å². The van der Waals surface area contributed by atoms with Crippen LogP contribution in [0.3, 0.4) is 0 Å². The van der Waals surface area contributed by atoms with Crippen molar-refractivity contribution in [2.24, 2.45) is 7.05 Å². The number of para-hydroxylation sites is 1. The SMILES string of the molecule is CNS(=O)(=O)c1cc(C(=O)NC2CC(=O)N(c3ccc(Oc4ccccc4)cc3)C2)n(C)c1. The van der Waals surface area contributed by atoms with E-state index in [-0.39, 0.29) is 22.9 Å². The summed E-state index contributed by atoms with van der Waals surface area (Å²) in [6.45, 7) is 0.315. The zero-order chi connectivity index (χ0) is 23.6. The highest BCUT2D eigenvalue weighted by atomic mass is 32.2. The molecule has 1 atom stereocenters. The number of hydrogen-bond donors (Lipinski definition) is 2. The molecule has 1 aromatic heterocycles. The lowest BCUT2D eigenvalue weighted by atomic mass is 10.2. The standard InChI is InChI=1S/C23H24N4O5S/c1-24-33(30,31)20-13-21(26(2)15-20)23(29)25-16-12-22(28)27(14-16)17-8-10-19(11-9-17)32-18-6-4-3-5-7-18/h3-11,13,15-16,24H,12,14H2,1-2H3,(H,25,29). The van der Waals surface area contributed by atoms with E-state index >= 15 is 0 Å². The number of benzene rings is 2. The number of carbonyl (C=O) groups excluding carboxylic acids is 2. The predicted molar refractivity (Wildman–Crippen MR) is 123 cm³/mol. The Kier molecular flexibility index (Phi) is 6.21. The first-order chi connectivity index (χ1) is 15.8. The molecular weight excluding hydrogens is 444 g/mol. The lowest BCUT2D eigenvalue weighted by Gasteiger charge is -2.18. The van der Waals surface area contributed by atoms with E-state index in [1.54, 1.807) is 36.2 Å². The van der Waals surface area contributed by atoms with Crippen LogP contribution in [0.5, 0.6) is 11.5 Å². The minimum absolute atomic E-state index is 0.000383. The molecule has 1 unspecified atom stereocenters. The summed E-state index contributed by atoms with van der Waals surface area (Å²) in [4.78, 5) is 26.9. The summed E-state index contributed by atoms with van der Waals surface area (Å²) in [5, 5.41) is 2.83. The molecule has 172 valence electrons. The van der Waals surface area contributed by atoms with Crippen molar-refractivity contribution >= 4 is 27.5 Å². The van der Waals surface area contributed by atoms with Crippen LogP contribution in [-0.2, 0) is 21.9 Å². The third kappa shape index (κ3) is 4.91. The summed E-state index contributed by atoms with van der Waals surface area (Å²) in [6.07, 6.45) is 1.52. The van der Waals surface area contributed by atoms with Gasteiger partial charge in [0.25, 0.3) is 5.91 Å². The summed E-state index contributed by atoms with van der Waals surface area (Å²) >= 11 is 0. The van der Waals surface area contributed by atoms with Crippen LogP contribution >= 0.6 is 0 Å². The molecule has 1 fully saturated rings. The minimum atomic E-state index is -3.66. The number of hydrogen-bond acceptors (Lipinski definition) is 5. The van der Waals surface area contributed by atoms with Crippen molar-refractivity contribution in [2.75, 3.05) is 18.5 Å². The molecule has 3 aromatic rings. The predicted octanol–water partition coefficient (Wildman–Crippen LogP) is 2.26. The average molecular weight is 469 g/mol. The first-order valence-electron chi connectivity index (χ1n) is 10.3. The normalized spacial score (nSPS) is 16.1. The van der Waals surface area contributed by atoms with Gasteiger partial charge in [0.2, 0.25) is 15.9 Å². The van der Waals surface area contributed by atoms with Gasteiger partial charge in [-0.3, -0.25) is 9.59 Å². The second-order valence-electron chi connectivity index (χ2n) is 7.67. The van der Waals surface area contributed by atoms with Gasteiger partial charge < -0.3 is 19.5 Å². The monoisotopic (exact) mass is 468 g/mol. The van der Waals surface area contributed by atoms with Crippen molar-refractivity contribution in [1.29, 1.82) is 0 Å². The molecule has 2 heterocycles. The number of sulfonamides is 1. The molecule has 1 aliphatic rings. The number of aryl methyl sites for hydroxylation is 1. The molecule has 0 aliphatic carbocycles. The molecule has 1 aliphatic heterocycles. The molecule has 2 N–H and O–H groups in total. The van der Waals surface area contributed by atoms with Crippen molar-refractivity contribution in [3.05, 3.63) is 72.6 Å². The van der Waals surface area contributed by atoms with Gasteiger partial charge >= 0.3 is 0 Å². The summed E-state index contributed by atoms with van der Waals surface area (Å²) in [5.41, 5.74) is 0.899. The van der Waals surface area contributed by atoms with E-state index < -0.39 is 22.0 Å². The maximum Gasteiger partial charge on any atom is 0.268 e. The Hall–Kier alpha value is -3.63. The summed E-state index contributed by atoms with van der Waals surface area (Å²) in [5.74, 6) is 0.817. The Morgan fingerprint density at radius 3 is 2.39 bits per heavy atom. The van der Waals surface area contributed by atoms with Gasteiger partial charge in [-0.25, -0.2) is 13.1 Å². The van der Waals surface area contributed by atoms with Crippen molar-refractivity contribution in [3.63, 3.8) is 0 Å². The zero-order valence-corrected chi connectivity index (χ0v) is 19.0. The van der Waals surface area contributed by atoms with E-state index in [0.717, 1.165) is 5.75 Å². The van der Waals surface area contributed by atoms with Gasteiger partial charge in [0.15, 0.2) is 0 Å². The summed E-state index contributed by atoms with van der Waals surface area (Å²) < 4.78 is 33.4. The third-order valence-electron chi connectivity index (χ3n) is 5.38. The quantitative estimate of drug-likeness (QED) is 0.553. The van der Waals surface area contributed by atoms with Gasteiger partial charge in [0.1, 0.15) is 22.1 Å². The molecule has 33 heavy (non-hydrogen) atoms. The minimum Gasteiger partial charge on any atom is -0.457 e. The number of anilines is 1. The second kappa shape index (κ2) is 9.08. The van der Waals surface area contributed by atoms with Crippen LogP contribution in [-0.4, -0.2) is 44.4 Å². The van der Waals surface area contributed by atoms with Crippen LogP contribution in [0.15, 0.2) is 71.8 Å². The maximum atomic E-state index is 12.7. The van der Waals surface area contributed by atoms with Crippen LogP contribution in [0.2, 0.25) is 0 Å². The molecule has 0 bridgehead atoms. The van der Waals surface area contributed by atoms with Crippen LogP contribution < -0.4 is 19.7 Å². The first-order valence-corrected chi connectivity index (χ1v) is 11.8. The fourth-order valence-electron chi connectivity index (χ4n) is 3.66. The van der Waals surface area contributed by atoms with Crippen molar-refractivity contribution in [2.45, 2.75) is 17.4 Å². The van der Waals surface area contributed by atoms with Gasteiger partial charge in [-0.1, -0.05) is 18.2 Å². The number of rotatable bonds is 7. The second-order valence-corrected chi connectivity index (χ2v) is 9.55. The van der Waals surface area contributed by atoms with Gasteiger partial charge in [-0.05, 0) is 49.5 Å². The van der Waals surface area contributed by atoms with E-state index in [4.69, 9.17) is 4.74 Å². The number of aromatic nitrogens is 1. The van der Waals surface area contributed by atoms with Crippen molar-refractivity contribution in [1.82, 2.24) is 14.6 Å². The average Bonchev–Trinajstić information content (AvgIpc) is 3.38. The van der Waals surface area contributed by atoms with E-state index in [1.165, 1.54) is 23.9 Å².